The van der Waals surface area contributed by atoms with E-state index in [0.717, 1.165) is 22.4 Å². The maximum Gasteiger partial charge on any atom is 0.230 e. The summed E-state index contributed by atoms with van der Waals surface area (Å²) < 4.78 is 0.816. The SMILES string of the molecule is CCCNc1nnc(SCC(=O)NC(c2cccs2)C(C)C)s1. The van der Waals surface area contributed by atoms with Gasteiger partial charge in [-0.3, -0.25) is 4.79 Å². The molecule has 126 valence electrons. The molecule has 0 saturated carbocycles. The molecular weight excluding hydrogens is 348 g/mol. The van der Waals surface area contributed by atoms with Gasteiger partial charge in [-0.25, -0.2) is 0 Å². The van der Waals surface area contributed by atoms with Crippen LogP contribution in [0.2, 0.25) is 0 Å². The Hall–Kier alpha value is -1.12. The second-order valence-corrected chi connectivity index (χ2v) is 8.57. The van der Waals surface area contributed by atoms with E-state index in [9.17, 15) is 4.79 Å². The van der Waals surface area contributed by atoms with Gasteiger partial charge in [0.25, 0.3) is 0 Å². The van der Waals surface area contributed by atoms with E-state index in [1.807, 2.05) is 11.4 Å². The Morgan fingerprint density at radius 3 is 2.87 bits per heavy atom. The first-order valence-corrected chi connectivity index (χ1v) is 10.3. The fourth-order valence-corrected chi connectivity index (χ4v) is 4.49. The molecule has 0 aliphatic heterocycles. The van der Waals surface area contributed by atoms with E-state index in [0.29, 0.717) is 11.7 Å². The first-order valence-electron chi connectivity index (χ1n) is 7.63. The largest absolute Gasteiger partial charge is 0.360 e. The van der Waals surface area contributed by atoms with E-state index < -0.39 is 0 Å². The van der Waals surface area contributed by atoms with Gasteiger partial charge in [0.15, 0.2) is 4.34 Å². The zero-order valence-electron chi connectivity index (χ0n) is 13.5. The van der Waals surface area contributed by atoms with Crippen molar-refractivity contribution in [3.05, 3.63) is 22.4 Å². The molecule has 1 unspecified atom stereocenters. The van der Waals surface area contributed by atoms with E-state index in [2.05, 4.69) is 47.7 Å². The second kappa shape index (κ2) is 9.24. The van der Waals surface area contributed by atoms with Gasteiger partial charge < -0.3 is 10.6 Å². The lowest BCUT2D eigenvalue weighted by molar-refractivity contribution is -0.119. The highest BCUT2D eigenvalue weighted by molar-refractivity contribution is 8.01. The Morgan fingerprint density at radius 2 is 2.22 bits per heavy atom. The number of nitrogens with one attached hydrogen (secondary N) is 2. The summed E-state index contributed by atoms with van der Waals surface area (Å²) in [4.78, 5) is 13.4. The first kappa shape index (κ1) is 18.2. The molecule has 2 N–H and O–H groups in total. The molecule has 8 heteroatoms. The molecule has 2 rings (SSSR count). The average molecular weight is 371 g/mol. The van der Waals surface area contributed by atoms with E-state index >= 15 is 0 Å². The molecule has 0 aliphatic carbocycles. The van der Waals surface area contributed by atoms with Crippen molar-refractivity contribution in [2.75, 3.05) is 17.6 Å². The van der Waals surface area contributed by atoms with Gasteiger partial charge in [-0.2, -0.15) is 0 Å². The third-order valence-corrected chi connectivity index (χ3v) is 6.06. The van der Waals surface area contributed by atoms with Gasteiger partial charge in [-0.1, -0.05) is 49.9 Å². The van der Waals surface area contributed by atoms with Crippen molar-refractivity contribution in [2.24, 2.45) is 5.92 Å². The lowest BCUT2D eigenvalue weighted by Crippen LogP contribution is -2.32. The number of nitrogens with zero attached hydrogens (tertiary/aromatic N) is 2. The van der Waals surface area contributed by atoms with E-state index in [1.54, 1.807) is 11.3 Å². The van der Waals surface area contributed by atoms with Crippen LogP contribution in [0.15, 0.2) is 21.9 Å². The molecule has 23 heavy (non-hydrogen) atoms. The summed E-state index contributed by atoms with van der Waals surface area (Å²) in [6.45, 7) is 7.23. The highest BCUT2D eigenvalue weighted by atomic mass is 32.2. The fraction of sp³-hybridized carbons (Fsp3) is 0.533. The smallest absolute Gasteiger partial charge is 0.230 e. The molecule has 0 spiro atoms. The number of amides is 1. The van der Waals surface area contributed by atoms with E-state index in [1.165, 1.54) is 28.0 Å². The first-order chi connectivity index (χ1) is 11.1. The van der Waals surface area contributed by atoms with Crippen molar-refractivity contribution in [1.29, 1.82) is 0 Å². The minimum absolute atomic E-state index is 0.0281. The van der Waals surface area contributed by atoms with Crippen molar-refractivity contribution in [2.45, 2.75) is 37.6 Å². The zero-order valence-corrected chi connectivity index (χ0v) is 16.0. The van der Waals surface area contributed by atoms with Crippen molar-refractivity contribution in [3.8, 4) is 0 Å². The lowest BCUT2D eigenvalue weighted by atomic mass is 10.0. The predicted molar refractivity (Wildman–Crippen MR) is 99.5 cm³/mol. The van der Waals surface area contributed by atoms with Crippen LogP contribution in [0.4, 0.5) is 5.13 Å². The van der Waals surface area contributed by atoms with Gasteiger partial charge in [-0.05, 0) is 23.8 Å². The van der Waals surface area contributed by atoms with Crippen LogP contribution in [0, 0.1) is 5.92 Å². The highest BCUT2D eigenvalue weighted by Gasteiger charge is 2.19. The van der Waals surface area contributed by atoms with Crippen LogP contribution in [0.1, 0.15) is 38.1 Å². The highest BCUT2D eigenvalue weighted by Crippen LogP contribution is 2.27. The minimum atomic E-state index is 0.0281. The fourth-order valence-electron chi connectivity index (χ4n) is 1.95. The minimum Gasteiger partial charge on any atom is -0.360 e. The van der Waals surface area contributed by atoms with Crippen LogP contribution >= 0.6 is 34.4 Å². The maximum atomic E-state index is 12.2. The summed E-state index contributed by atoms with van der Waals surface area (Å²) in [6, 6.07) is 4.15. The Balaban J connectivity index is 1.83. The number of thioether (sulfide) groups is 1. The number of anilines is 1. The van der Waals surface area contributed by atoms with Crippen molar-refractivity contribution < 1.29 is 4.79 Å². The summed E-state index contributed by atoms with van der Waals surface area (Å²) in [5.74, 6) is 0.742. The Kier molecular flexibility index (Phi) is 7.32. The molecule has 2 aromatic heterocycles. The average Bonchev–Trinajstić information content (AvgIpc) is 3.19. The number of hydrogen-bond donors (Lipinski definition) is 2. The molecule has 0 saturated heterocycles. The summed E-state index contributed by atoms with van der Waals surface area (Å²) in [5, 5.41) is 17.3. The maximum absolute atomic E-state index is 12.2. The quantitative estimate of drug-likeness (QED) is 0.653. The number of carbonyl (C=O) groups excluding carboxylic acids is 1. The van der Waals surface area contributed by atoms with Crippen LogP contribution in [0.5, 0.6) is 0 Å². The standard InChI is InChI=1S/C15H22N4OS3/c1-4-7-16-14-18-19-15(23-14)22-9-12(20)17-13(10(2)3)11-6-5-8-21-11/h5-6,8,10,13H,4,7,9H2,1-3H3,(H,16,18)(H,17,20). The van der Waals surface area contributed by atoms with Crippen molar-refractivity contribution >= 4 is 45.5 Å². The molecule has 0 bridgehead atoms. The molecule has 0 aliphatic rings. The summed E-state index contributed by atoms with van der Waals surface area (Å²) in [6.07, 6.45) is 1.05. The van der Waals surface area contributed by atoms with Crippen molar-refractivity contribution in [1.82, 2.24) is 15.5 Å². The Morgan fingerprint density at radius 1 is 1.39 bits per heavy atom. The zero-order chi connectivity index (χ0) is 16.7. The van der Waals surface area contributed by atoms with Gasteiger partial charge in [0.05, 0.1) is 11.8 Å². The second-order valence-electron chi connectivity index (χ2n) is 5.39. The van der Waals surface area contributed by atoms with Gasteiger partial charge in [0.1, 0.15) is 0 Å². The number of aromatic nitrogens is 2. The van der Waals surface area contributed by atoms with Crippen LogP contribution in [0.3, 0.4) is 0 Å². The third-order valence-electron chi connectivity index (χ3n) is 3.09. The van der Waals surface area contributed by atoms with Crippen LogP contribution in [-0.4, -0.2) is 28.4 Å². The summed E-state index contributed by atoms with van der Waals surface area (Å²) in [5.41, 5.74) is 0. The normalized spacial score (nSPS) is 12.3. The molecule has 2 aromatic rings. The van der Waals surface area contributed by atoms with Crippen LogP contribution in [-0.2, 0) is 4.79 Å². The molecule has 5 nitrogen and oxygen atoms in total. The number of thiophene rings is 1. The van der Waals surface area contributed by atoms with Crippen LogP contribution in [0.25, 0.3) is 0 Å². The molecule has 2 heterocycles. The molecule has 0 aromatic carbocycles. The number of rotatable bonds is 9. The van der Waals surface area contributed by atoms with Gasteiger partial charge >= 0.3 is 0 Å². The molecular formula is C15H22N4OS3. The van der Waals surface area contributed by atoms with E-state index in [-0.39, 0.29) is 11.9 Å². The molecule has 1 amide bonds. The molecule has 0 fully saturated rings. The number of carbonyl (C=O) groups is 1. The monoisotopic (exact) mass is 370 g/mol. The molecule has 1 atom stereocenters. The Labute approximate surface area is 149 Å². The van der Waals surface area contributed by atoms with Crippen LogP contribution < -0.4 is 10.6 Å². The Bertz CT molecular complexity index is 598. The number of hydrogen-bond acceptors (Lipinski definition) is 7. The van der Waals surface area contributed by atoms with Gasteiger partial charge in [0, 0.05) is 11.4 Å². The van der Waals surface area contributed by atoms with Gasteiger partial charge in [-0.15, -0.1) is 21.5 Å². The lowest BCUT2D eigenvalue weighted by Gasteiger charge is -2.21. The topological polar surface area (TPSA) is 66.9 Å². The van der Waals surface area contributed by atoms with Crippen molar-refractivity contribution in [3.63, 3.8) is 0 Å². The third kappa shape index (κ3) is 5.78. The predicted octanol–water partition coefficient (Wildman–Crippen LogP) is 4.03. The summed E-state index contributed by atoms with van der Waals surface area (Å²) in [7, 11) is 0. The molecule has 0 radical (unpaired) electrons. The summed E-state index contributed by atoms with van der Waals surface area (Å²) >= 11 is 4.60. The van der Waals surface area contributed by atoms with E-state index in [4.69, 9.17) is 0 Å². The van der Waals surface area contributed by atoms with Gasteiger partial charge in [0.2, 0.25) is 11.0 Å².